The van der Waals surface area contributed by atoms with Gasteiger partial charge in [-0.25, -0.2) is 9.18 Å². The number of ether oxygens (including phenoxy) is 1. The highest BCUT2D eigenvalue weighted by molar-refractivity contribution is 5.69. The molecular weight excluding hydrogens is 271 g/mol. The minimum atomic E-state index is -0.535. The number of likely N-dealkylation sites (tertiary alicyclic amines) is 1. The van der Waals surface area contributed by atoms with E-state index >= 15 is 0 Å². The second-order valence-electron chi connectivity index (χ2n) is 6.62. The first kappa shape index (κ1) is 15.8. The highest BCUT2D eigenvalue weighted by Crippen LogP contribution is 2.23. The number of nitrogens with zero attached hydrogens (tertiary/aromatic N) is 1. The van der Waals surface area contributed by atoms with E-state index in [1.54, 1.807) is 11.0 Å². The van der Waals surface area contributed by atoms with E-state index in [9.17, 15) is 9.18 Å². The summed E-state index contributed by atoms with van der Waals surface area (Å²) in [5.41, 5.74) is 6.31. The molecule has 0 saturated carbocycles. The molecule has 1 aromatic carbocycles. The molecule has 0 radical (unpaired) electrons. The largest absolute Gasteiger partial charge is 0.444 e. The van der Waals surface area contributed by atoms with Gasteiger partial charge in [0.1, 0.15) is 11.4 Å². The van der Waals surface area contributed by atoms with Crippen molar-refractivity contribution in [1.82, 2.24) is 4.90 Å². The van der Waals surface area contributed by atoms with Gasteiger partial charge in [-0.3, -0.25) is 0 Å². The van der Waals surface area contributed by atoms with E-state index in [2.05, 4.69) is 0 Å². The Balaban J connectivity index is 2.08. The van der Waals surface area contributed by atoms with Crippen LogP contribution in [0.2, 0.25) is 0 Å². The summed E-state index contributed by atoms with van der Waals surface area (Å²) < 4.78 is 18.7. The molecular formula is C16H23FN2O2. The van der Waals surface area contributed by atoms with Crippen molar-refractivity contribution in [2.24, 2.45) is 5.73 Å². The lowest BCUT2D eigenvalue weighted by atomic mass is 10.0. The fraction of sp³-hybridized carbons (Fsp3) is 0.562. The van der Waals surface area contributed by atoms with Gasteiger partial charge in [0.2, 0.25) is 0 Å². The van der Waals surface area contributed by atoms with Crippen molar-refractivity contribution >= 4 is 6.09 Å². The van der Waals surface area contributed by atoms with Gasteiger partial charge >= 0.3 is 6.09 Å². The third-order valence-corrected chi connectivity index (χ3v) is 3.44. The fourth-order valence-corrected chi connectivity index (χ4v) is 2.63. The molecule has 2 N–H and O–H groups in total. The number of nitrogens with two attached hydrogens (primary N) is 1. The number of benzene rings is 1. The van der Waals surface area contributed by atoms with E-state index in [0.717, 1.165) is 5.56 Å². The Labute approximate surface area is 125 Å². The zero-order chi connectivity index (χ0) is 15.6. The quantitative estimate of drug-likeness (QED) is 0.912. The van der Waals surface area contributed by atoms with Crippen LogP contribution in [0.15, 0.2) is 24.3 Å². The first-order valence-corrected chi connectivity index (χ1v) is 7.24. The van der Waals surface area contributed by atoms with Crippen molar-refractivity contribution in [1.29, 1.82) is 0 Å². The van der Waals surface area contributed by atoms with Crippen LogP contribution in [0.5, 0.6) is 0 Å². The Morgan fingerprint density at radius 1 is 1.48 bits per heavy atom. The van der Waals surface area contributed by atoms with E-state index < -0.39 is 5.60 Å². The monoisotopic (exact) mass is 294 g/mol. The topological polar surface area (TPSA) is 55.6 Å². The second-order valence-corrected chi connectivity index (χ2v) is 6.62. The van der Waals surface area contributed by atoms with Crippen LogP contribution in [0.4, 0.5) is 9.18 Å². The van der Waals surface area contributed by atoms with Crippen LogP contribution in [0.3, 0.4) is 0 Å². The number of hydrogen-bond acceptors (Lipinski definition) is 3. The minimum absolute atomic E-state index is 0.0448. The number of amides is 1. The van der Waals surface area contributed by atoms with Crippen LogP contribution in [0.25, 0.3) is 0 Å². The lowest BCUT2D eigenvalue weighted by Crippen LogP contribution is -2.41. The molecule has 0 aromatic heterocycles. The Bertz CT molecular complexity index is 513. The minimum Gasteiger partial charge on any atom is -0.444 e. The summed E-state index contributed by atoms with van der Waals surface area (Å²) >= 11 is 0. The zero-order valence-corrected chi connectivity index (χ0v) is 12.8. The van der Waals surface area contributed by atoms with Crippen LogP contribution in [0.1, 0.15) is 32.8 Å². The first-order valence-electron chi connectivity index (χ1n) is 7.24. The lowest BCUT2D eigenvalue weighted by molar-refractivity contribution is 0.0225. The van der Waals surface area contributed by atoms with Gasteiger partial charge in [-0.2, -0.15) is 0 Å². The zero-order valence-electron chi connectivity index (χ0n) is 12.8. The molecule has 2 atom stereocenters. The molecule has 5 heteroatoms. The van der Waals surface area contributed by atoms with Crippen LogP contribution in [-0.2, 0) is 11.2 Å². The van der Waals surface area contributed by atoms with Gasteiger partial charge in [0.05, 0.1) is 0 Å². The third kappa shape index (κ3) is 4.43. The van der Waals surface area contributed by atoms with Crippen molar-refractivity contribution in [2.75, 3.05) is 6.54 Å². The average molecular weight is 294 g/mol. The van der Waals surface area contributed by atoms with Gasteiger partial charge in [-0.1, -0.05) is 12.1 Å². The standard InChI is InChI=1S/C16H23FN2O2/c1-16(2,3)21-15(20)19-10-13(18)9-14(19)8-11-5-4-6-12(17)7-11/h4-7,13-14H,8-10,18H2,1-3H3/t13-,14-/m1/s1. The van der Waals surface area contributed by atoms with Gasteiger partial charge in [0.25, 0.3) is 0 Å². The SMILES string of the molecule is CC(C)(C)OC(=O)N1C[C@H](N)C[C@H]1Cc1cccc(F)c1. The van der Waals surface area contributed by atoms with Crippen molar-refractivity contribution < 1.29 is 13.9 Å². The predicted molar refractivity (Wildman–Crippen MR) is 79.4 cm³/mol. The molecule has 21 heavy (non-hydrogen) atoms. The fourth-order valence-electron chi connectivity index (χ4n) is 2.63. The molecule has 0 spiro atoms. The summed E-state index contributed by atoms with van der Waals surface area (Å²) in [6, 6.07) is 6.34. The van der Waals surface area contributed by atoms with Crippen molar-refractivity contribution in [3.05, 3.63) is 35.6 Å². The molecule has 1 amide bonds. The average Bonchev–Trinajstić information content (AvgIpc) is 2.68. The van der Waals surface area contributed by atoms with Crippen LogP contribution in [-0.4, -0.2) is 35.2 Å². The molecule has 1 aliphatic heterocycles. The van der Waals surface area contributed by atoms with Crippen molar-refractivity contribution in [3.63, 3.8) is 0 Å². The van der Waals surface area contributed by atoms with Crippen molar-refractivity contribution in [3.8, 4) is 0 Å². The molecule has 1 aliphatic rings. The van der Waals surface area contributed by atoms with Crippen molar-refractivity contribution in [2.45, 2.75) is 51.3 Å². The summed E-state index contributed by atoms with van der Waals surface area (Å²) in [5, 5.41) is 0. The Hall–Kier alpha value is -1.62. The molecule has 1 heterocycles. The molecule has 0 aliphatic carbocycles. The predicted octanol–water partition coefficient (Wildman–Crippen LogP) is 2.70. The summed E-state index contributed by atoms with van der Waals surface area (Å²) in [7, 11) is 0. The smallest absolute Gasteiger partial charge is 0.410 e. The number of halogens is 1. The summed E-state index contributed by atoms with van der Waals surface area (Å²) in [4.78, 5) is 13.9. The third-order valence-electron chi connectivity index (χ3n) is 3.44. The molecule has 0 bridgehead atoms. The molecule has 0 unspecified atom stereocenters. The summed E-state index contributed by atoms with van der Waals surface area (Å²) in [6.07, 6.45) is 0.942. The molecule has 1 aromatic rings. The summed E-state index contributed by atoms with van der Waals surface area (Å²) in [6.45, 7) is 5.99. The van der Waals surface area contributed by atoms with Gasteiger partial charge in [0, 0.05) is 18.6 Å². The van der Waals surface area contributed by atoms with E-state index in [4.69, 9.17) is 10.5 Å². The maximum atomic E-state index is 13.3. The van der Waals surface area contributed by atoms with Gasteiger partial charge in [-0.15, -0.1) is 0 Å². The van der Waals surface area contributed by atoms with E-state index in [1.807, 2.05) is 26.8 Å². The van der Waals surface area contributed by atoms with E-state index in [0.29, 0.717) is 19.4 Å². The lowest BCUT2D eigenvalue weighted by Gasteiger charge is -2.28. The Morgan fingerprint density at radius 2 is 2.19 bits per heavy atom. The molecule has 2 rings (SSSR count). The maximum Gasteiger partial charge on any atom is 0.410 e. The highest BCUT2D eigenvalue weighted by Gasteiger charge is 2.35. The highest BCUT2D eigenvalue weighted by atomic mass is 19.1. The molecule has 1 saturated heterocycles. The van der Waals surface area contributed by atoms with Gasteiger partial charge in [0.15, 0.2) is 0 Å². The van der Waals surface area contributed by atoms with Crippen LogP contribution >= 0.6 is 0 Å². The Morgan fingerprint density at radius 3 is 2.81 bits per heavy atom. The molecule has 4 nitrogen and oxygen atoms in total. The second kappa shape index (κ2) is 6.02. The molecule has 116 valence electrons. The number of carbonyl (C=O) groups excluding carboxylic acids is 1. The first-order chi connectivity index (χ1) is 9.74. The number of hydrogen-bond donors (Lipinski definition) is 1. The van der Waals surface area contributed by atoms with Crippen LogP contribution < -0.4 is 5.73 Å². The molecule has 1 fully saturated rings. The normalized spacial score (nSPS) is 22.4. The number of rotatable bonds is 2. The van der Waals surface area contributed by atoms with Gasteiger partial charge in [-0.05, 0) is 51.3 Å². The van der Waals surface area contributed by atoms with E-state index in [1.165, 1.54) is 12.1 Å². The van der Waals surface area contributed by atoms with Gasteiger partial charge < -0.3 is 15.4 Å². The maximum absolute atomic E-state index is 13.3. The number of carbonyl (C=O) groups is 1. The Kier molecular flexibility index (Phi) is 4.52. The van der Waals surface area contributed by atoms with Crippen LogP contribution in [0, 0.1) is 5.82 Å². The van der Waals surface area contributed by atoms with E-state index in [-0.39, 0.29) is 24.0 Å². The summed E-state index contributed by atoms with van der Waals surface area (Å²) in [5.74, 6) is -0.265.